The smallest absolute Gasteiger partial charge is 0.170 e. The van der Waals surface area contributed by atoms with Crippen LogP contribution in [0.2, 0.25) is 0 Å². The fourth-order valence-corrected chi connectivity index (χ4v) is 4.97. The molecule has 5 rings (SSSR count). The number of hydrogen-bond acceptors (Lipinski definition) is 3. The lowest BCUT2D eigenvalue weighted by Crippen LogP contribution is -2.29. The van der Waals surface area contributed by atoms with Gasteiger partial charge in [0.25, 0.3) is 0 Å². The maximum Gasteiger partial charge on any atom is 0.170 e. The third kappa shape index (κ3) is 3.67. The summed E-state index contributed by atoms with van der Waals surface area (Å²) in [5.74, 6) is 0. The van der Waals surface area contributed by atoms with Crippen LogP contribution in [0.5, 0.6) is 0 Å². The third-order valence-corrected chi connectivity index (χ3v) is 6.43. The van der Waals surface area contributed by atoms with Crippen LogP contribution < -0.4 is 5.32 Å². The first-order valence-corrected chi connectivity index (χ1v) is 11.2. The molecule has 1 aromatic carbocycles. The largest absolute Gasteiger partial charge is 0.352 e. The van der Waals surface area contributed by atoms with Crippen molar-refractivity contribution in [3.63, 3.8) is 0 Å². The summed E-state index contributed by atoms with van der Waals surface area (Å²) in [6.45, 7) is 5.03. The van der Waals surface area contributed by atoms with Crippen LogP contribution in [0.1, 0.15) is 40.3 Å². The summed E-state index contributed by atoms with van der Waals surface area (Å²) < 4.78 is 2.31. The molecule has 0 spiro atoms. The second-order valence-corrected chi connectivity index (χ2v) is 8.50. The maximum absolute atomic E-state index is 5.83. The number of para-hydroxylation sites is 1. The monoisotopic (exact) mass is 439 g/mol. The number of nitrogens with one attached hydrogen (secondary N) is 1. The first-order chi connectivity index (χ1) is 15.6. The normalized spacial score (nSPS) is 18.1. The van der Waals surface area contributed by atoms with Crippen LogP contribution in [-0.4, -0.2) is 24.5 Å². The summed E-state index contributed by atoms with van der Waals surface area (Å²) >= 11 is 5.83. The Bertz CT molecular complexity index is 1220. The number of aromatic nitrogens is 3. The van der Waals surface area contributed by atoms with Crippen molar-refractivity contribution < 1.29 is 0 Å². The van der Waals surface area contributed by atoms with Gasteiger partial charge in [-0.15, -0.1) is 0 Å². The van der Waals surface area contributed by atoms with Crippen LogP contribution in [0.25, 0.3) is 5.69 Å². The molecule has 0 radical (unpaired) electrons. The van der Waals surface area contributed by atoms with Gasteiger partial charge >= 0.3 is 0 Å². The molecule has 1 fully saturated rings. The van der Waals surface area contributed by atoms with E-state index in [9.17, 15) is 0 Å². The predicted octanol–water partition coefficient (Wildman–Crippen LogP) is 5.06. The molecule has 0 aliphatic carbocycles. The highest BCUT2D eigenvalue weighted by atomic mass is 32.1. The molecule has 0 amide bonds. The molecule has 32 heavy (non-hydrogen) atoms. The molecule has 1 aliphatic rings. The molecule has 4 heterocycles. The van der Waals surface area contributed by atoms with Crippen molar-refractivity contribution in [3.8, 4) is 5.69 Å². The van der Waals surface area contributed by atoms with Gasteiger partial charge < -0.3 is 14.8 Å². The molecule has 160 valence electrons. The molecule has 1 saturated heterocycles. The van der Waals surface area contributed by atoms with Gasteiger partial charge in [-0.25, -0.2) is 0 Å². The minimum Gasteiger partial charge on any atom is -0.352 e. The molecule has 0 saturated carbocycles. The lowest BCUT2D eigenvalue weighted by atomic mass is 9.96. The van der Waals surface area contributed by atoms with Crippen molar-refractivity contribution in [3.05, 3.63) is 114 Å². The van der Waals surface area contributed by atoms with E-state index in [1.54, 1.807) is 6.20 Å². The maximum atomic E-state index is 5.83. The molecule has 2 atom stereocenters. The Morgan fingerprint density at radius 3 is 2.50 bits per heavy atom. The summed E-state index contributed by atoms with van der Waals surface area (Å²) in [6.07, 6.45) is 5.54. The van der Waals surface area contributed by atoms with Gasteiger partial charge in [-0.1, -0.05) is 30.3 Å². The highest BCUT2D eigenvalue weighted by Gasteiger charge is 2.41. The van der Waals surface area contributed by atoms with Gasteiger partial charge in [0.2, 0.25) is 0 Å². The number of aryl methyl sites for hydroxylation is 1. The number of thiocarbonyl (C=S) groups is 1. The van der Waals surface area contributed by atoms with Crippen LogP contribution in [0.3, 0.4) is 0 Å². The minimum atomic E-state index is -0.0369. The van der Waals surface area contributed by atoms with E-state index in [4.69, 9.17) is 12.2 Å². The average molecular weight is 440 g/mol. The van der Waals surface area contributed by atoms with E-state index >= 15 is 0 Å². The van der Waals surface area contributed by atoms with E-state index in [1.807, 2.05) is 36.7 Å². The fraction of sp³-hybridized carbons (Fsp3) is 0.192. The number of pyridine rings is 2. The van der Waals surface area contributed by atoms with Crippen molar-refractivity contribution >= 4 is 17.3 Å². The predicted molar refractivity (Wildman–Crippen MR) is 130 cm³/mol. The zero-order chi connectivity index (χ0) is 22.1. The SMILES string of the molecule is Cc1cc([C@H]2[C@@H](c3ccccn3)NC(=S)N2Cc2cccnc2)c(C)n1-c1ccccc1. The quantitative estimate of drug-likeness (QED) is 0.441. The van der Waals surface area contributed by atoms with Gasteiger partial charge in [-0.3, -0.25) is 9.97 Å². The van der Waals surface area contributed by atoms with Crippen LogP contribution in [0, 0.1) is 13.8 Å². The highest BCUT2D eigenvalue weighted by molar-refractivity contribution is 7.80. The summed E-state index contributed by atoms with van der Waals surface area (Å²) in [4.78, 5) is 11.2. The standard InChI is InChI=1S/C26H25N5S/c1-18-15-22(19(2)31(18)21-10-4-3-5-11-21)25-24(23-12-6-7-14-28-23)29-26(32)30(25)17-20-9-8-13-27-16-20/h3-16,24-25H,17H2,1-2H3,(H,29,32)/t24-,25+/m1/s1. The number of benzene rings is 1. The number of rotatable bonds is 5. The Hall–Kier alpha value is -3.51. The van der Waals surface area contributed by atoms with Crippen molar-refractivity contribution in [2.75, 3.05) is 0 Å². The minimum absolute atomic E-state index is 0.0151. The van der Waals surface area contributed by atoms with Crippen LogP contribution >= 0.6 is 12.2 Å². The number of nitrogens with zero attached hydrogens (tertiary/aromatic N) is 4. The Kier molecular flexibility index (Phi) is 5.45. The van der Waals surface area contributed by atoms with Crippen molar-refractivity contribution in [2.45, 2.75) is 32.5 Å². The molecule has 0 bridgehead atoms. The van der Waals surface area contributed by atoms with E-state index in [-0.39, 0.29) is 12.1 Å². The first-order valence-electron chi connectivity index (χ1n) is 10.7. The second-order valence-electron chi connectivity index (χ2n) is 8.11. The molecule has 1 N–H and O–H groups in total. The van der Waals surface area contributed by atoms with Crippen LogP contribution in [0.4, 0.5) is 0 Å². The lowest BCUT2D eigenvalue weighted by molar-refractivity contribution is 0.310. The van der Waals surface area contributed by atoms with Gasteiger partial charge in [-0.05, 0) is 73.6 Å². The molecular formula is C26H25N5S. The van der Waals surface area contributed by atoms with Crippen LogP contribution in [-0.2, 0) is 6.54 Å². The zero-order valence-corrected chi connectivity index (χ0v) is 19.0. The third-order valence-electron chi connectivity index (χ3n) is 6.08. The highest BCUT2D eigenvalue weighted by Crippen LogP contribution is 2.42. The Morgan fingerprint density at radius 1 is 0.969 bits per heavy atom. The summed E-state index contributed by atoms with van der Waals surface area (Å²) in [7, 11) is 0. The van der Waals surface area contributed by atoms with E-state index in [2.05, 4.69) is 81.1 Å². The molecule has 1 aliphatic heterocycles. The molecule has 4 aromatic rings. The zero-order valence-electron chi connectivity index (χ0n) is 18.1. The lowest BCUT2D eigenvalue weighted by Gasteiger charge is -2.28. The molecule has 0 unspecified atom stereocenters. The Morgan fingerprint density at radius 2 is 1.78 bits per heavy atom. The van der Waals surface area contributed by atoms with E-state index < -0.39 is 0 Å². The summed E-state index contributed by atoms with van der Waals surface area (Å²) in [5.41, 5.74) is 6.93. The van der Waals surface area contributed by atoms with Crippen molar-refractivity contribution in [2.24, 2.45) is 0 Å². The molecule has 6 heteroatoms. The van der Waals surface area contributed by atoms with Gasteiger partial charge in [0, 0.05) is 42.2 Å². The van der Waals surface area contributed by atoms with E-state index in [1.165, 1.54) is 17.0 Å². The van der Waals surface area contributed by atoms with Crippen molar-refractivity contribution in [1.82, 2.24) is 24.8 Å². The topological polar surface area (TPSA) is 46.0 Å². The summed E-state index contributed by atoms with van der Waals surface area (Å²) in [6, 6.07) is 22.8. The molecule has 3 aromatic heterocycles. The van der Waals surface area contributed by atoms with Gasteiger partial charge in [-0.2, -0.15) is 0 Å². The summed E-state index contributed by atoms with van der Waals surface area (Å²) in [5, 5.41) is 4.29. The second kappa shape index (κ2) is 8.55. The molecular weight excluding hydrogens is 414 g/mol. The Balaban J connectivity index is 1.62. The molecule has 5 nitrogen and oxygen atoms in total. The first kappa shape index (κ1) is 20.4. The van der Waals surface area contributed by atoms with Crippen molar-refractivity contribution in [1.29, 1.82) is 0 Å². The fourth-order valence-electron chi connectivity index (χ4n) is 4.66. The van der Waals surface area contributed by atoms with E-state index in [0.29, 0.717) is 6.54 Å². The number of hydrogen-bond donors (Lipinski definition) is 1. The average Bonchev–Trinajstić information content (AvgIpc) is 3.30. The van der Waals surface area contributed by atoms with Gasteiger partial charge in [0.15, 0.2) is 5.11 Å². The van der Waals surface area contributed by atoms with Gasteiger partial charge in [0.1, 0.15) is 0 Å². The van der Waals surface area contributed by atoms with Gasteiger partial charge in [0.05, 0.1) is 17.8 Å². The Labute approximate surface area is 193 Å². The van der Waals surface area contributed by atoms with Crippen LogP contribution in [0.15, 0.2) is 85.3 Å². The van der Waals surface area contributed by atoms with E-state index in [0.717, 1.165) is 22.1 Å².